The van der Waals surface area contributed by atoms with Crippen LogP contribution in [-0.2, 0) is 0 Å². The third-order valence-corrected chi connectivity index (χ3v) is 3.91. The maximum atomic E-state index is 6.32. The number of hydrogen-bond acceptors (Lipinski definition) is 3. The molecule has 0 radical (unpaired) electrons. The molecular weight excluding hydrogens is 272 g/mol. The number of halogens is 1. The summed E-state index contributed by atoms with van der Waals surface area (Å²) < 4.78 is 2.04. The standard InChI is InChI=1S/C15H15ClN4/c1-8-9(2)20(12-7-5-4-6-11(12)16)15-13(8)14(17)18-10(3)19-15/h4-7H,1-3H3,(H2,17,18,19). The molecule has 4 nitrogen and oxygen atoms in total. The van der Waals surface area contributed by atoms with Gasteiger partial charge in [-0.15, -0.1) is 0 Å². The molecule has 0 unspecified atom stereocenters. The first-order chi connectivity index (χ1) is 9.50. The van der Waals surface area contributed by atoms with Crippen molar-refractivity contribution in [2.75, 3.05) is 5.73 Å². The molecule has 0 saturated carbocycles. The van der Waals surface area contributed by atoms with Crippen molar-refractivity contribution in [3.63, 3.8) is 0 Å². The maximum Gasteiger partial charge on any atom is 0.150 e. The normalized spacial score (nSPS) is 11.2. The van der Waals surface area contributed by atoms with Gasteiger partial charge >= 0.3 is 0 Å². The van der Waals surface area contributed by atoms with E-state index in [9.17, 15) is 0 Å². The first-order valence-electron chi connectivity index (χ1n) is 6.37. The number of para-hydroxylation sites is 1. The number of fused-ring (bicyclic) bond motifs is 1. The monoisotopic (exact) mass is 286 g/mol. The van der Waals surface area contributed by atoms with Crippen molar-refractivity contribution in [3.05, 3.63) is 46.4 Å². The number of hydrogen-bond donors (Lipinski definition) is 1. The largest absolute Gasteiger partial charge is 0.383 e. The van der Waals surface area contributed by atoms with Crippen LogP contribution in [0, 0.1) is 20.8 Å². The second-order valence-corrected chi connectivity index (χ2v) is 5.26. The van der Waals surface area contributed by atoms with Gasteiger partial charge < -0.3 is 5.73 Å². The Hall–Kier alpha value is -2.07. The fourth-order valence-electron chi connectivity index (χ4n) is 2.54. The summed E-state index contributed by atoms with van der Waals surface area (Å²) in [5.74, 6) is 1.17. The number of benzene rings is 1. The van der Waals surface area contributed by atoms with Crippen LogP contribution in [0.4, 0.5) is 5.82 Å². The zero-order valence-electron chi connectivity index (χ0n) is 11.6. The minimum absolute atomic E-state index is 0.513. The summed E-state index contributed by atoms with van der Waals surface area (Å²) in [5, 5.41) is 1.58. The summed E-state index contributed by atoms with van der Waals surface area (Å²) in [7, 11) is 0. The van der Waals surface area contributed by atoms with E-state index in [-0.39, 0.29) is 0 Å². The molecule has 0 aliphatic heterocycles. The molecule has 0 fully saturated rings. The molecule has 0 saturated heterocycles. The Kier molecular flexibility index (Phi) is 2.91. The molecule has 5 heteroatoms. The van der Waals surface area contributed by atoms with E-state index < -0.39 is 0 Å². The van der Waals surface area contributed by atoms with Gasteiger partial charge in [0.1, 0.15) is 11.6 Å². The number of nitrogens with zero attached hydrogens (tertiary/aromatic N) is 3. The van der Waals surface area contributed by atoms with Crippen LogP contribution in [0.3, 0.4) is 0 Å². The zero-order chi connectivity index (χ0) is 14.4. The highest BCUT2D eigenvalue weighted by atomic mass is 35.5. The third kappa shape index (κ3) is 1.76. The topological polar surface area (TPSA) is 56.7 Å². The van der Waals surface area contributed by atoms with Crippen molar-refractivity contribution >= 4 is 28.5 Å². The highest BCUT2D eigenvalue weighted by Gasteiger charge is 2.18. The number of anilines is 1. The van der Waals surface area contributed by atoms with E-state index in [1.165, 1.54) is 0 Å². The maximum absolute atomic E-state index is 6.32. The summed E-state index contributed by atoms with van der Waals surface area (Å²) in [6.45, 7) is 5.90. The van der Waals surface area contributed by atoms with Gasteiger partial charge in [-0.1, -0.05) is 23.7 Å². The van der Waals surface area contributed by atoms with Crippen LogP contribution in [-0.4, -0.2) is 14.5 Å². The lowest BCUT2D eigenvalue weighted by atomic mass is 10.2. The van der Waals surface area contributed by atoms with Crippen LogP contribution < -0.4 is 5.73 Å². The van der Waals surface area contributed by atoms with Crippen LogP contribution in [0.25, 0.3) is 16.7 Å². The molecule has 2 heterocycles. The van der Waals surface area contributed by atoms with E-state index in [4.69, 9.17) is 17.3 Å². The minimum Gasteiger partial charge on any atom is -0.383 e. The average Bonchev–Trinajstić information content (AvgIpc) is 2.63. The smallest absolute Gasteiger partial charge is 0.150 e. The SMILES string of the molecule is Cc1nc(N)c2c(C)c(C)n(-c3ccccc3Cl)c2n1. The first kappa shape index (κ1) is 12.9. The summed E-state index contributed by atoms with van der Waals surface area (Å²) >= 11 is 6.32. The number of nitrogens with two attached hydrogens (primary N) is 1. The number of rotatable bonds is 1. The molecule has 0 aliphatic carbocycles. The Morgan fingerprint density at radius 1 is 1.10 bits per heavy atom. The fourth-order valence-corrected chi connectivity index (χ4v) is 2.76. The lowest BCUT2D eigenvalue weighted by molar-refractivity contribution is 0.996. The average molecular weight is 287 g/mol. The Bertz CT molecular complexity index is 820. The van der Waals surface area contributed by atoms with Crippen molar-refractivity contribution < 1.29 is 0 Å². The summed E-state index contributed by atoms with van der Waals surface area (Å²) in [5.41, 5.74) is 9.92. The molecular formula is C15H15ClN4. The van der Waals surface area contributed by atoms with Crippen LogP contribution in [0.2, 0.25) is 5.02 Å². The zero-order valence-corrected chi connectivity index (χ0v) is 12.4. The molecule has 3 rings (SSSR count). The highest BCUT2D eigenvalue weighted by molar-refractivity contribution is 6.32. The lowest BCUT2D eigenvalue weighted by Gasteiger charge is -2.10. The van der Waals surface area contributed by atoms with Crippen LogP contribution in [0.15, 0.2) is 24.3 Å². The third-order valence-electron chi connectivity index (χ3n) is 3.59. The van der Waals surface area contributed by atoms with Gasteiger partial charge in [-0.05, 0) is 38.5 Å². The Morgan fingerprint density at radius 2 is 1.80 bits per heavy atom. The number of aromatic nitrogens is 3. The van der Waals surface area contributed by atoms with Gasteiger partial charge in [-0.3, -0.25) is 4.57 Å². The summed E-state index contributed by atoms with van der Waals surface area (Å²) in [4.78, 5) is 8.80. The van der Waals surface area contributed by atoms with Gasteiger partial charge in [-0.2, -0.15) is 0 Å². The number of nitrogen functional groups attached to an aromatic ring is 1. The molecule has 3 aromatic rings. The Morgan fingerprint density at radius 3 is 2.50 bits per heavy atom. The van der Waals surface area contributed by atoms with Crippen LogP contribution >= 0.6 is 11.6 Å². The van der Waals surface area contributed by atoms with E-state index in [0.29, 0.717) is 16.7 Å². The molecule has 0 spiro atoms. The Balaban J connectivity index is 2.48. The second-order valence-electron chi connectivity index (χ2n) is 4.85. The van der Waals surface area contributed by atoms with Crippen molar-refractivity contribution in [2.45, 2.75) is 20.8 Å². The van der Waals surface area contributed by atoms with Gasteiger partial charge in [-0.25, -0.2) is 9.97 Å². The van der Waals surface area contributed by atoms with Gasteiger partial charge in [0.15, 0.2) is 5.65 Å². The van der Waals surface area contributed by atoms with Crippen molar-refractivity contribution in [3.8, 4) is 5.69 Å². The molecule has 20 heavy (non-hydrogen) atoms. The van der Waals surface area contributed by atoms with Crippen molar-refractivity contribution in [1.82, 2.24) is 14.5 Å². The van der Waals surface area contributed by atoms with E-state index >= 15 is 0 Å². The van der Waals surface area contributed by atoms with Gasteiger partial charge in [0.05, 0.1) is 16.1 Å². The molecule has 0 aliphatic rings. The summed E-state index contributed by atoms with van der Waals surface area (Å²) in [6.07, 6.45) is 0. The lowest BCUT2D eigenvalue weighted by Crippen LogP contribution is -2.01. The number of aryl methyl sites for hydroxylation is 2. The molecule has 102 valence electrons. The van der Waals surface area contributed by atoms with E-state index in [1.54, 1.807) is 0 Å². The quantitative estimate of drug-likeness (QED) is 0.744. The predicted molar refractivity (Wildman–Crippen MR) is 82.5 cm³/mol. The van der Waals surface area contributed by atoms with Crippen molar-refractivity contribution in [2.24, 2.45) is 0 Å². The van der Waals surface area contributed by atoms with Gasteiger partial charge in [0.25, 0.3) is 0 Å². The Labute approximate surface area is 122 Å². The van der Waals surface area contributed by atoms with Gasteiger partial charge in [0.2, 0.25) is 0 Å². The van der Waals surface area contributed by atoms with E-state index in [2.05, 4.69) is 9.97 Å². The van der Waals surface area contributed by atoms with Crippen molar-refractivity contribution in [1.29, 1.82) is 0 Å². The first-order valence-corrected chi connectivity index (χ1v) is 6.75. The van der Waals surface area contributed by atoms with E-state index in [0.717, 1.165) is 28.0 Å². The van der Waals surface area contributed by atoms with Gasteiger partial charge in [0, 0.05) is 5.69 Å². The second kappa shape index (κ2) is 4.49. The molecule has 1 aromatic carbocycles. The van der Waals surface area contributed by atoms with Crippen LogP contribution in [0.5, 0.6) is 0 Å². The molecule has 2 N–H and O–H groups in total. The van der Waals surface area contributed by atoms with E-state index in [1.807, 2.05) is 49.6 Å². The minimum atomic E-state index is 0.513. The highest BCUT2D eigenvalue weighted by Crippen LogP contribution is 2.32. The fraction of sp³-hybridized carbons (Fsp3) is 0.200. The molecule has 0 atom stereocenters. The summed E-state index contributed by atoms with van der Waals surface area (Å²) in [6, 6.07) is 7.71. The molecule has 0 bridgehead atoms. The predicted octanol–water partition coefficient (Wildman–Crippen LogP) is 3.58. The molecule has 2 aromatic heterocycles. The molecule has 0 amide bonds. The van der Waals surface area contributed by atoms with Crippen LogP contribution in [0.1, 0.15) is 17.1 Å².